The quantitative estimate of drug-likeness (QED) is 0.395. The Kier molecular flexibility index (Phi) is 11.4. The van der Waals surface area contributed by atoms with Crippen LogP contribution < -0.4 is 10.6 Å². The van der Waals surface area contributed by atoms with Crippen molar-refractivity contribution in [2.75, 3.05) is 52.9 Å². The van der Waals surface area contributed by atoms with Gasteiger partial charge in [-0.25, -0.2) is 0 Å². The minimum atomic E-state index is 0. The monoisotopic (exact) mass is 411 g/mol. The van der Waals surface area contributed by atoms with Crippen LogP contribution in [0.15, 0.2) is 4.99 Å². The number of nitrogens with zero attached hydrogens (tertiary/aromatic N) is 3. The van der Waals surface area contributed by atoms with Gasteiger partial charge in [-0.1, -0.05) is 6.92 Å². The van der Waals surface area contributed by atoms with Crippen LogP contribution in [0.4, 0.5) is 0 Å². The predicted molar refractivity (Wildman–Crippen MR) is 103 cm³/mol. The van der Waals surface area contributed by atoms with Gasteiger partial charge in [-0.05, 0) is 33.7 Å². The Labute approximate surface area is 148 Å². The van der Waals surface area contributed by atoms with Crippen LogP contribution in [0.3, 0.4) is 0 Å². The second-order valence-corrected chi connectivity index (χ2v) is 6.23. The number of halogens is 1. The van der Waals surface area contributed by atoms with Gasteiger partial charge >= 0.3 is 0 Å². The molecule has 0 aromatic carbocycles. The first kappa shape index (κ1) is 20.9. The van der Waals surface area contributed by atoms with Crippen LogP contribution in [0.1, 0.15) is 27.7 Å². The zero-order chi connectivity index (χ0) is 15.0. The molecule has 1 unspecified atom stereocenters. The molecule has 0 aliphatic carbocycles. The first-order chi connectivity index (χ1) is 9.51. The Bertz CT molecular complexity index is 288. The lowest BCUT2D eigenvalue weighted by Crippen LogP contribution is -2.46. The highest BCUT2D eigenvalue weighted by atomic mass is 127. The average molecular weight is 411 g/mol. The van der Waals surface area contributed by atoms with E-state index in [0.29, 0.717) is 12.0 Å². The minimum absolute atomic E-state index is 0. The van der Waals surface area contributed by atoms with Crippen molar-refractivity contribution in [2.45, 2.75) is 33.7 Å². The number of likely N-dealkylation sites (N-methyl/N-ethyl adjacent to an activating group) is 1. The third-order valence-electron chi connectivity index (χ3n) is 3.50. The minimum Gasteiger partial charge on any atom is -0.357 e. The predicted octanol–water partition coefficient (Wildman–Crippen LogP) is 1.45. The molecule has 5 nitrogen and oxygen atoms in total. The van der Waals surface area contributed by atoms with E-state index in [1.165, 1.54) is 26.2 Å². The van der Waals surface area contributed by atoms with E-state index in [1.807, 2.05) is 0 Å². The Morgan fingerprint density at radius 2 is 1.76 bits per heavy atom. The second-order valence-electron chi connectivity index (χ2n) is 6.23. The molecule has 0 aromatic rings. The fraction of sp³-hybridized carbons (Fsp3) is 0.933. The van der Waals surface area contributed by atoms with Gasteiger partial charge in [0, 0.05) is 51.9 Å². The van der Waals surface area contributed by atoms with Gasteiger partial charge in [0.05, 0.1) is 0 Å². The molecule has 0 amide bonds. The Morgan fingerprint density at radius 3 is 2.29 bits per heavy atom. The van der Waals surface area contributed by atoms with Crippen LogP contribution in [0, 0.1) is 5.92 Å². The smallest absolute Gasteiger partial charge is 0.191 e. The fourth-order valence-electron chi connectivity index (χ4n) is 2.37. The van der Waals surface area contributed by atoms with Crippen molar-refractivity contribution in [2.24, 2.45) is 10.9 Å². The maximum Gasteiger partial charge on any atom is 0.191 e. The summed E-state index contributed by atoms with van der Waals surface area (Å²) in [6, 6.07) is 0.417. The van der Waals surface area contributed by atoms with Gasteiger partial charge in [0.25, 0.3) is 0 Å². The molecule has 1 rings (SSSR count). The molecule has 0 aromatic heterocycles. The molecule has 1 aliphatic rings. The largest absolute Gasteiger partial charge is 0.357 e. The third kappa shape index (κ3) is 9.52. The number of rotatable bonds is 6. The van der Waals surface area contributed by atoms with Gasteiger partial charge in [0.1, 0.15) is 0 Å². The van der Waals surface area contributed by atoms with E-state index in [-0.39, 0.29) is 24.0 Å². The maximum atomic E-state index is 4.69. The summed E-state index contributed by atoms with van der Waals surface area (Å²) < 4.78 is 0. The van der Waals surface area contributed by atoms with Crippen LogP contribution in [0.25, 0.3) is 0 Å². The van der Waals surface area contributed by atoms with Crippen LogP contribution in [0.5, 0.6) is 0 Å². The summed E-state index contributed by atoms with van der Waals surface area (Å²) in [4.78, 5) is 9.65. The molecule has 1 atom stereocenters. The number of nitrogens with one attached hydrogen (secondary N) is 2. The van der Waals surface area contributed by atoms with Crippen molar-refractivity contribution in [3.05, 3.63) is 0 Å². The van der Waals surface area contributed by atoms with Crippen LogP contribution >= 0.6 is 24.0 Å². The topological polar surface area (TPSA) is 42.9 Å². The standard InChI is InChI=1S/C15H33N5.HI/c1-6-16-15(18-13(2)3)17-11-14(4)12-20-9-7-19(5)8-10-20;/h13-14H,6-12H2,1-5H3,(H2,16,17,18);1H. The van der Waals surface area contributed by atoms with Crippen molar-refractivity contribution in [3.63, 3.8) is 0 Å². The first-order valence-corrected chi connectivity index (χ1v) is 7.97. The van der Waals surface area contributed by atoms with E-state index in [0.717, 1.165) is 25.6 Å². The molecule has 1 heterocycles. The fourth-order valence-corrected chi connectivity index (χ4v) is 2.37. The summed E-state index contributed by atoms with van der Waals surface area (Å²) in [7, 11) is 2.20. The van der Waals surface area contributed by atoms with Crippen molar-refractivity contribution in [3.8, 4) is 0 Å². The molecule has 0 saturated carbocycles. The summed E-state index contributed by atoms with van der Waals surface area (Å²) in [6.07, 6.45) is 0. The van der Waals surface area contributed by atoms with E-state index < -0.39 is 0 Å². The van der Waals surface area contributed by atoms with Crippen molar-refractivity contribution < 1.29 is 0 Å². The number of piperazine rings is 1. The second kappa shape index (κ2) is 11.5. The van der Waals surface area contributed by atoms with E-state index >= 15 is 0 Å². The lowest BCUT2D eigenvalue weighted by Gasteiger charge is -2.33. The third-order valence-corrected chi connectivity index (χ3v) is 3.50. The average Bonchev–Trinajstić information content (AvgIpc) is 2.38. The zero-order valence-corrected chi connectivity index (χ0v) is 16.7. The highest BCUT2D eigenvalue weighted by Gasteiger charge is 2.15. The van der Waals surface area contributed by atoms with Crippen molar-refractivity contribution >= 4 is 29.9 Å². The summed E-state index contributed by atoms with van der Waals surface area (Å²) >= 11 is 0. The number of hydrogen-bond acceptors (Lipinski definition) is 3. The molecular formula is C15H34IN5. The van der Waals surface area contributed by atoms with Crippen LogP contribution in [-0.4, -0.2) is 74.7 Å². The molecule has 21 heavy (non-hydrogen) atoms. The van der Waals surface area contributed by atoms with Gasteiger partial charge < -0.3 is 20.4 Å². The lowest BCUT2D eigenvalue weighted by molar-refractivity contribution is 0.140. The molecule has 1 fully saturated rings. The van der Waals surface area contributed by atoms with Gasteiger partial charge in [0.2, 0.25) is 0 Å². The van der Waals surface area contributed by atoms with Crippen LogP contribution in [-0.2, 0) is 0 Å². The molecule has 0 bridgehead atoms. The van der Waals surface area contributed by atoms with E-state index in [2.05, 4.69) is 55.2 Å². The Balaban J connectivity index is 0.00000400. The zero-order valence-electron chi connectivity index (χ0n) is 14.4. The van der Waals surface area contributed by atoms with Gasteiger partial charge in [-0.15, -0.1) is 24.0 Å². The molecule has 6 heteroatoms. The first-order valence-electron chi connectivity index (χ1n) is 7.97. The normalized spacial score (nSPS) is 19.2. The van der Waals surface area contributed by atoms with E-state index in [9.17, 15) is 0 Å². The highest BCUT2D eigenvalue weighted by Crippen LogP contribution is 2.05. The van der Waals surface area contributed by atoms with E-state index in [1.54, 1.807) is 0 Å². The molecule has 1 saturated heterocycles. The Morgan fingerprint density at radius 1 is 1.14 bits per heavy atom. The van der Waals surface area contributed by atoms with Gasteiger partial charge in [-0.3, -0.25) is 4.99 Å². The van der Waals surface area contributed by atoms with Crippen LogP contribution in [0.2, 0.25) is 0 Å². The molecular weight excluding hydrogens is 377 g/mol. The number of guanidine groups is 1. The van der Waals surface area contributed by atoms with Crippen molar-refractivity contribution in [1.29, 1.82) is 0 Å². The van der Waals surface area contributed by atoms with E-state index in [4.69, 9.17) is 4.99 Å². The molecule has 1 aliphatic heterocycles. The SMILES string of the molecule is CCNC(=NCC(C)CN1CCN(C)CC1)NC(C)C.I. The lowest BCUT2D eigenvalue weighted by atomic mass is 10.1. The molecule has 126 valence electrons. The summed E-state index contributed by atoms with van der Waals surface area (Å²) in [5, 5.41) is 6.66. The molecule has 2 N–H and O–H groups in total. The van der Waals surface area contributed by atoms with Gasteiger partial charge in [0.15, 0.2) is 5.96 Å². The van der Waals surface area contributed by atoms with Gasteiger partial charge in [-0.2, -0.15) is 0 Å². The number of hydrogen-bond donors (Lipinski definition) is 2. The highest BCUT2D eigenvalue weighted by molar-refractivity contribution is 14.0. The summed E-state index contributed by atoms with van der Waals surface area (Å²) in [5.74, 6) is 1.54. The Hall–Kier alpha value is -0.0800. The summed E-state index contributed by atoms with van der Waals surface area (Å²) in [5.41, 5.74) is 0. The molecule has 0 radical (unpaired) electrons. The summed E-state index contributed by atoms with van der Waals surface area (Å²) in [6.45, 7) is 16.4. The van der Waals surface area contributed by atoms with Crippen molar-refractivity contribution in [1.82, 2.24) is 20.4 Å². The maximum absolute atomic E-state index is 4.69. The molecule has 0 spiro atoms. The number of aliphatic imine (C=N–C) groups is 1.